The van der Waals surface area contributed by atoms with E-state index in [0.717, 1.165) is 72.1 Å². The second-order valence-electron chi connectivity index (χ2n) is 17.1. The first-order valence-electron chi connectivity index (χ1n) is 22.0. The van der Waals surface area contributed by atoms with Crippen molar-refractivity contribution in [2.24, 2.45) is 0 Å². The fourth-order valence-corrected chi connectivity index (χ4v) is 11.2. The molecule has 12 aromatic rings. The summed E-state index contributed by atoms with van der Waals surface area (Å²) in [6, 6.07) is 81.3. The number of nitrogens with zero attached hydrogens (tertiary/aromatic N) is 1. The predicted octanol–water partition coefficient (Wildman–Crippen LogP) is 16.6. The molecule has 0 fully saturated rings. The van der Waals surface area contributed by atoms with Gasteiger partial charge in [-0.3, -0.25) is 0 Å². The van der Waals surface area contributed by atoms with E-state index in [-0.39, 0.29) is 0 Å². The third kappa shape index (κ3) is 4.81. The van der Waals surface area contributed by atoms with Crippen LogP contribution in [0.5, 0.6) is 0 Å². The van der Waals surface area contributed by atoms with Gasteiger partial charge in [-0.15, -0.1) is 0 Å². The second-order valence-corrected chi connectivity index (χ2v) is 17.1. The fraction of sp³-hybridized carbons (Fsp3) is 0.0164. The van der Waals surface area contributed by atoms with Gasteiger partial charge in [0.15, 0.2) is 5.58 Å². The normalized spacial score (nSPS) is 13.1. The number of benzene rings is 10. The van der Waals surface area contributed by atoms with Crippen molar-refractivity contribution >= 4 is 60.9 Å². The Morgan fingerprint density at radius 3 is 1.52 bits per heavy atom. The maximum absolute atomic E-state index is 7.11. The topological polar surface area (TPSA) is 29.5 Å². The maximum Gasteiger partial charge on any atom is 0.159 e. The average Bonchev–Trinajstić information content (AvgIpc) is 4.09. The number of rotatable bonds is 5. The molecule has 10 aromatic carbocycles. The number of para-hydroxylation sites is 1. The zero-order valence-electron chi connectivity index (χ0n) is 34.6. The van der Waals surface area contributed by atoms with Gasteiger partial charge in [0.25, 0.3) is 0 Å². The summed E-state index contributed by atoms with van der Waals surface area (Å²) in [4.78, 5) is 2.42. The molecule has 64 heavy (non-hydrogen) atoms. The van der Waals surface area contributed by atoms with Gasteiger partial charge >= 0.3 is 0 Å². The molecule has 0 bridgehead atoms. The average molecular weight is 816 g/mol. The van der Waals surface area contributed by atoms with Gasteiger partial charge < -0.3 is 13.7 Å². The van der Waals surface area contributed by atoms with Crippen LogP contribution in [0.15, 0.2) is 233 Å². The van der Waals surface area contributed by atoms with Gasteiger partial charge in [-0.2, -0.15) is 0 Å². The van der Waals surface area contributed by atoms with Crippen molar-refractivity contribution in [2.75, 3.05) is 4.90 Å². The number of furan rings is 2. The molecular weight excluding hydrogens is 779 g/mol. The van der Waals surface area contributed by atoms with Crippen molar-refractivity contribution < 1.29 is 8.83 Å². The van der Waals surface area contributed by atoms with E-state index in [1.165, 1.54) is 55.6 Å². The van der Waals surface area contributed by atoms with Crippen LogP contribution in [0.1, 0.15) is 22.3 Å². The van der Waals surface area contributed by atoms with Crippen LogP contribution in [-0.2, 0) is 5.41 Å². The van der Waals surface area contributed by atoms with E-state index in [0.29, 0.717) is 0 Å². The first-order valence-corrected chi connectivity index (χ1v) is 22.0. The maximum atomic E-state index is 7.11. The minimum absolute atomic E-state index is 0.470. The number of hydrogen-bond donors (Lipinski definition) is 0. The summed E-state index contributed by atoms with van der Waals surface area (Å²) in [6.07, 6.45) is 0. The Bertz CT molecular complexity index is 3790. The lowest BCUT2D eigenvalue weighted by atomic mass is 9.70. The lowest BCUT2D eigenvalue weighted by Gasteiger charge is -2.31. The monoisotopic (exact) mass is 815 g/mol. The molecule has 0 amide bonds. The molecule has 3 nitrogen and oxygen atoms in total. The van der Waals surface area contributed by atoms with Crippen LogP contribution < -0.4 is 4.90 Å². The Labute approximate surface area is 369 Å². The number of fused-ring (bicyclic) bond motifs is 16. The van der Waals surface area contributed by atoms with E-state index >= 15 is 0 Å². The first kappa shape index (κ1) is 35.2. The van der Waals surface area contributed by atoms with Crippen molar-refractivity contribution in [3.8, 4) is 44.5 Å². The molecule has 0 N–H and O–H groups in total. The molecule has 3 heteroatoms. The minimum atomic E-state index is -0.470. The van der Waals surface area contributed by atoms with E-state index in [1.807, 2.05) is 6.07 Å². The van der Waals surface area contributed by atoms with Crippen molar-refractivity contribution in [1.82, 2.24) is 0 Å². The van der Waals surface area contributed by atoms with Gasteiger partial charge in [-0.25, -0.2) is 0 Å². The molecule has 14 rings (SSSR count). The van der Waals surface area contributed by atoms with Gasteiger partial charge in [-0.05, 0) is 110 Å². The van der Waals surface area contributed by atoms with E-state index < -0.39 is 5.41 Å². The highest BCUT2D eigenvalue weighted by Crippen LogP contribution is 2.65. The Morgan fingerprint density at radius 1 is 0.312 bits per heavy atom. The highest BCUT2D eigenvalue weighted by Gasteiger charge is 2.52. The quantitative estimate of drug-likeness (QED) is 0.173. The summed E-state index contributed by atoms with van der Waals surface area (Å²) >= 11 is 0. The van der Waals surface area contributed by atoms with E-state index in [2.05, 4.69) is 223 Å². The van der Waals surface area contributed by atoms with Crippen molar-refractivity contribution in [2.45, 2.75) is 5.41 Å². The summed E-state index contributed by atoms with van der Waals surface area (Å²) in [7, 11) is 0. The first-order chi connectivity index (χ1) is 31.7. The molecule has 0 aliphatic heterocycles. The highest BCUT2D eigenvalue weighted by molar-refractivity contribution is 6.17. The zero-order valence-corrected chi connectivity index (χ0v) is 34.6. The van der Waals surface area contributed by atoms with E-state index in [4.69, 9.17) is 8.83 Å². The molecule has 0 saturated heterocycles. The Kier molecular flexibility index (Phi) is 7.32. The zero-order chi connectivity index (χ0) is 41.9. The summed E-state index contributed by atoms with van der Waals surface area (Å²) in [6.45, 7) is 0. The predicted molar refractivity (Wildman–Crippen MR) is 263 cm³/mol. The van der Waals surface area contributed by atoms with E-state index in [1.54, 1.807) is 0 Å². The fourth-order valence-electron chi connectivity index (χ4n) is 11.2. The van der Waals surface area contributed by atoms with Gasteiger partial charge in [0, 0.05) is 32.8 Å². The van der Waals surface area contributed by atoms with Gasteiger partial charge in [0.05, 0.1) is 16.8 Å². The van der Waals surface area contributed by atoms with Crippen LogP contribution in [-0.4, -0.2) is 0 Å². The molecule has 0 atom stereocenters. The number of hydrogen-bond acceptors (Lipinski definition) is 3. The van der Waals surface area contributed by atoms with Crippen LogP contribution in [0.3, 0.4) is 0 Å². The third-order valence-corrected chi connectivity index (χ3v) is 13.9. The highest BCUT2D eigenvalue weighted by atomic mass is 16.3. The number of anilines is 3. The molecule has 0 radical (unpaired) electrons. The van der Waals surface area contributed by atoms with Crippen LogP contribution in [0.2, 0.25) is 0 Å². The Morgan fingerprint density at radius 2 is 0.812 bits per heavy atom. The standard InChI is InChI=1S/C61H37NO2/c1-3-15-38(16-4-1)40-29-32-42(33-30-40)62(54-27-14-26-53-59(54)47-21-9-12-25-52(47)61(53)50-23-10-7-19-43(50)44-20-8-11-24-51(44)61)55-28-13-22-46-49-37-57-48(36-58(49)64-60(46)55)45-34-31-41(35-56(45)63-57)39-17-5-2-6-18-39/h1-37H. The van der Waals surface area contributed by atoms with Crippen LogP contribution in [0, 0.1) is 0 Å². The lowest BCUT2D eigenvalue weighted by molar-refractivity contribution is 0.664. The van der Waals surface area contributed by atoms with Gasteiger partial charge in [0.1, 0.15) is 16.7 Å². The lowest BCUT2D eigenvalue weighted by Crippen LogP contribution is -2.26. The molecule has 0 unspecified atom stereocenters. The van der Waals surface area contributed by atoms with Gasteiger partial charge in [-0.1, -0.05) is 176 Å². The molecule has 2 aromatic heterocycles. The Balaban J connectivity index is 1.01. The second kappa shape index (κ2) is 13.3. The molecule has 2 heterocycles. The smallest absolute Gasteiger partial charge is 0.159 e. The molecule has 2 aliphatic carbocycles. The summed E-state index contributed by atoms with van der Waals surface area (Å²) in [5.41, 5.74) is 20.9. The minimum Gasteiger partial charge on any atom is -0.456 e. The Hall–Kier alpha value is -8.40. The molecular formula is C61H37NO2. The molecule has 2 aliphatic rings. The van der Waals surface area contributed by atoms with Crippen LogP contribution >= 0.6 is 0 Å². The summed E-state index contributed by atoms with van der Waals surface area (Å²) in [5.74, 6) is 0. The molecule has 1 spiro atoms. The molecule has 0 saturated carbocycles. The summed E-state index contributed by atoms with van der Waals surface area (Å²) < 4.78 is 13.7. The van der Waals surface area contributed by atoms with Crippen molar-refractivity contribution in [3.63, 3.8) is 0 Å². The van der Waals surface area contributed by atoms with Crippen LogP contribution in [0.25, 0.3) is 88.4 Å². The third-order valence-electron chi connectivity index (χ3n) is 13.9. The van der Waals surface area contributed by atoms with Gasteiger partial charge in [0.2, 0.25) is 0 Å². The largest absolute Gasteiger partial charge is 0.456 e. The SMILES string of the molecule is c1ccc(-c2ccc(N(c3cccc4c3-c3ccccc3C43c4ccccc4-c4ccccc43)c3cccc4c3oc3cc5c(cc34)oc3cc(-c4ccccc4)ccc35)cc2)cc1. The molecule has 298 valence electrons. The van der Waals surface area contributed by atoms with E-state index in [9.17, 15) is 0 Å². The summed E-state index contributed by atoms with van der Waals surface area (Å²) in [5, 5.41) is 4.16. The van der Waals surface area contributed by atoms with Crippen molar-refractivity contribution in [3.05, 3.63) is 247 Å². The van der Waals surface area contributed by atoms with Crippen LogP contribution in [0.4, 0.5) is 17.1 Å². The van der Waals surface area contributed by atoms with Crippen molar-refractivity contribution in [1.29, 1.82) is 0 Å².